The van der Waals surface area contributed by atoms with Gasteiger partial charge in [0.05, 0.1) is 6.10 Å². The molecular formula is C11H26N2O. The number of nitrogens with one attached hydrogen (secondary N) is 1. The van der Waals surface area contributed by atoms with Gasteiger partial charge in [0.15, 0.2) is 0 Å². The molecule has 86 valence electrons. The second-order valence-corrected chi connectivity index (χ2v) is 4.47. The van der Waals surface area contributed by atoms with Gasteiger partial charge in [-0.1, -0.05) is 26.7 Å². The van der Waals surface area contributed by atoms with Crippen LogP contribution in [0.3, 0.4) is 0 Å². The van der Waals surface area contributed by atoms with E-state index in [2.05, 4.69) is 26.2 Å². The van der Waals surface area contributed by atoms with Gasteiger partial charge in [0.1, 0.15) is 0 Å². The van der Waals surface area contributed by atoms with Gasteiger partial charge in [0.2, 0.25) is 0 Å². The summed E-state index contributed by atoms with van der Waals surface area (Å²) in [6.45, 7) is 6.58. The number of hydrazine groups is 1. The van der Waals surface area contributed by atoms with Crippen LogP contribution < -0.4 is 11.3 Å². The first-order chi connectivity index (χ1) is 6.60. The van der Waals surface area contributed by atoms with E-state index < -0.39 is 0 Å². The Balaban J connectivity index is 3.57. The lowest BCUT2D eigenvalue weighted by atomic mass is 10.0. The van der Waals surface area contributed by atoms with Crippen LogP contribution in [0.4, 0.5) is 0 Å². The van der Waals surface area contributed by atoms with E-state index in [1.54, 1.807) is 7.11 Å². The molecule has 0 spiro atoms. The van der Waals surface area contributed by atoms with Gasteiger partial charge in [-0.2, -0.15) is 0 Å². The first-order valence-electron chi connectivity index (χ1n) is 5.59. The Morgan fingerprint density at radius 1 is 1.21 bits per heavy atom. The molecule has 0 rings (SSSR count). The molecule has 0 amide bonds. The van der Waals surface area contributed by atoms with E-state index in [-0.39, 0.29) is 6.10 Å². The maximum absolute atomic E-state index is 5.49. The lowest BCUT2D eigenvalue weighted by molar-refractivity contribution is 0.0988. The van der Waals surface area contributed by atoms with E-state index in [1.165, 1.54) is 12.8 Å². The number of hydrogen-bond acceptors (Lipinski definition) is 3. The first kappa shape index (κ1) is 13.9. The lowest BCUT2D eigenvalue weighted by Gasteiger charge is -2.19. The summed E-state index contributed by atoms with van der Waals surface area (Å²) in [4.78, 5) is 0. The molecule has 3 nitrogen and oxygen atoms in total. The summed E-state index contributed by atoms with van der Waals surface area (Å²) in [6, 6.07) is 0.392. The molecule has 0 aromatic heterocycles. The predicted molar refractivity (Wildman–Crippen MR) is 60.9 cm³/mol. The second-order valence-electron chi connectivity index (χ2n) is 4.47. The number of hydrogen-bond donors (Lipinski definition) is 2. The second kappa shape index (κ2) is 8.21. The molecule has 0 aromatic carbocycles. The molecule has 0 radical (unpaired) electrons. The number of ether oxygens (including phenoxy) is 1. The Hall–Kier alpha value is -0.120. The highest BCUT2D eigenvalue weighted by atomic mass is 16.5. The number of nitrogens with two attached hydrogens (primary N) is 1. The zero-order chi connectivity index (χ0) is 11.0. The van der Waals surface area contributed by atoms with Crippen molar-refractivity contribution in [2.75, 3.05) is 7.11 Å². The summed E-state index contributed by atoms with van der Waals surface area (Å²) in [5, 5.41) is 0. The molecule has 0 aliphatic rings. The molecule has 0 bridgehead atoms. The normalized spacial score (nSPS) is 15.9. The average Bonchev–Trinajstić information content (AvgIpc) is 2.15. The molecule has 2 atom stereocenters. The van der Waals surface area contributed by atoms with Crippen molar-refractivity contribution in [3.63, 3.8) is 0 Å². The molecule has 0 aromatic rings. The highest BCUT2D eigenvalue weighted by molar-refractivity contribution is 4.67. The third-order valence-corrected chi connectivity index (χ3v) is 2.59. The smallest absolute Gasteiger partial charge is 0.0558 e. The highest BCUT2D eigenvalue weighted by Crippen LogP contribution is 2.11. The topological polar surface area (TPSA) is 47.3 Å². The highest BCUT2D eigenvalue weighted by Gasteiger charge is 2.10. The van der Waals surface area contributed by atoms with Gasteiger partial charge in [-0.25, -0.2) is 0 Å². The van der Waals surface area contributed by atoms with E-state index in [0.29, 0.717) is 6.04 Å². The van der Waals surface area contributed by atoms with E-state index in [1.807, 2.05) is 0 Å². The summed E-state index contributed by atoms with van der Waals surface area (Å²) in [7, 11) is 1.74. The zero-order valence-corrected chi connectivity index (χ0v) is 10.0. The maximum atomic E-state index is 5.49. The molecular weight excluding hydrogens is 176 g/mol. The van der Waals surface area contributed by atoms with Gasteiger partial charge in [-0.05, 0) is 25.7 Å². The van der Waals surface area contributed by atoms with Crippen molar-refractivity contribution in [3.05, 3.63) is 0 Å². The van der Waals surface area contributed by atoms with Gasteiger partial charge >= 0.3 is 0 Å². The Kier molecular flexibility index (Phi) is 8.14. The fourth-order valence-electron chi connectivity index (χ4n) is 1.54. The maximum Gasteiger partial charge on any atom is 0.0558 e. The third-order valence-electron chi connectivity index (χ3n) is 2.59. The van der Waals surface area contributed by atoms with Gasteiger partial charge in [0.25, 0.3) is 0 Å². The molecule has 3 N–H and O–H groups in total. The molecule has 0 aliphatic carbocycles. The molecule has 0 saturated carbocycles. The molecule has 0 saturated heterocycles. The van der Waals surface area contributed by atoms with Crippen LogP contribution >= 0.6 is 0 Å². The minimum absolute atomic E-state index is 0.287. The minimum atomic E-state index is 0.287. The van der Waals surface area contributed by atoms with Crippen LogP contribution in [0, 0.1) is 5.92 Å². The Labute approximate surface area is 88.4 Å². The fraction of sp³-hybridized carbons (Fsp3) is 1.00. The van der Waals surface area contributed by atoms with Crippen molar-refractivity contribution >= 4 is 0 Å². The predicted octanol–water partition coefficient (Wildman–Crippen LogP) is 2.07. The summed E-state index contributed by atoms with van der Waals surface area (Å²) in [5.74, 6) is 6.27. The first-order valence-corrected chi connectivity index (χ1v) is 5.59. The molecule has 0 aliphatic heterocycles. The van der Waals surface area contributed by atoms with Crippen molar-refractivity contribution in [2.45, 2.75) is 58.6 Å². The van der Waals surface area contributed by atoms with Crippen molar-refractivity contribution in [3.8, 4) is 0 Å². The van der Waals surface area contributed by atoms with Crippen molar-refractivity contribution < 1.29 is 4.74 Å². The van der Waals surface area contributed by atoms with E-state index >= 15 is 0 Å². The van der Waals surface area contributed by atoms with Crippen molar-refractivity contribution in [1.29, 1.82) is 0 Å². The third kappa shape index (κ3) is 7.30. The summed E-state index contributed by atoms with van der Waals surface area (Å²) in [5.41, 5.74) is 2.86. The summed E-state index contributed by atoms with van der Waals surface area (Å²) < 4.78 is 5.21. The Bertz CT molecular complexity index is 128. The monoisotopic (exact) mass is 202 g/mol. The molecule has 0 heterocycles. The number of methoxy groups -OCH3 is 1. The lowest BCUT2D eigenvalue weighted by Crippen LogP contribution is -2.37. The Morgan fingerprint density at radius 2 is 1.86 bits per heavy atom. The Morgan fingerprint density at radius 3 is 2.29 bits per heavy atom. The van der Waals surface area contributed by atoms with Crippen LogP contribution in [-0.2, 0) is 4.74 Å². The minimum Gasteiger partial charge on any atom is -0.382 e. The van der Waals surface area contributed by atoms with Crippen molar-refractivity contribution in [1.82, 2.24) is 5.43 Å². The summed E-state index contributed by atoms with van der Waals surface area (Å²) in [6.07, 6.45) is 4.94. The zero-order valence-electron chi connectivity index (χ0n) is 10.0. The van der Waals surface area contributed by atoms with E-state index in [0.717, 1.165) is 18.8 Å². The molecule has 0 fully saturated rings. The van der Waals surface area contributed by atoms with Crippen molar-refractivity contribution in [2.24, 2.45) is 11.8 Å². The van der Waals surface area contributed by atoms with Gasteiger partial charge in [-0.15, -0.1) is 0 Å². The van der Waals surface area contributed by atoms with Gasteiger partial charge in [-0.3, -0.25) is 11.3 Å². The quantitative estimate of drug-likeness (QED) is 0.468. The number of rotatable bonds is 8. The molecule has 2 unspecified atom stereocenters. The molecule has 3 heteroatoms. The van der Waals surface area contributed by atoms with Crippen LogP contribution in [0.25, 0.3) is 0 Å². The summed E-state index contributed by atoms with van der Waals surface area (Å²) >= 11 is 0. The van der Waals surface area contributed by atoms with E-state index in [9.17, 15) is 0 Å². The van der Waals surface area contributed by atoms with Gasteiger partial charge < -0.3 is 4.74 Å². The molecule has 14 heavy (non-hydrogen) atoms. The SMILES string of the molecule is COC(C)CC(CCCC(C)C)NN. The van der Waals surface area contributed by atoms with E-state index in [4.69, 9.17) is 10.6 Å². The van der Waals surface area contributed by atoms with Crippen LogP contribution in [0.5, 0.6) is 0 Å². The fourth-order valence-corrected chi connectivity index (χ4v) is 1.54. The van der Waals surface area contributed by atoms with Crippen LogP contribution in [0.2, 0.25) is 0 Å². The largest absolute Gasteiger partial charge is 0.382 e. The average molecular weight is 202 g/mol. The van der Waals surface area contributed by atoms with Crippen LogP contribution in [0.1, 0.15) is 46.5 Å². The van der Waals surface area contributed by atoms with Gasteiger partial charge in [0, 0.05) is 13.2 Å². The van der Waals surface area contributed by atoms with Crippen LogP contribution in [0.15, 0.2) is 0 Å². The standard InChI is InChI=1S/C11H26N2O/c1-9(2)6-5-7-11(13-12)8-10(3)14-4/h9-11,13H,5-8,12H2,1-4H3. The van der Waals surface area contributed by atoms with Crippen LogP contribution in [-0.4, -0.2) is 19.3 Å².